The Hall–Kier alpha value is -3.12. The van der Waals surface area contributed by atoms with Crippen molar-refractivity contribution < 1.29 is 0 Å². The van der Waals surface area contributed by atoms with Gasteiger partial charge in [-0.3, -0.25) is 4.98 Å². The number of anilines is 1. The molecule has 0 N–H and O–H groups in total. The van der Waals surface area contributed by atoms with Crippen molar-refractivity contribution in [2.24, 2.45) is 0 Å². The van der Waals surface area contributed by atoms with Gasteiger partial charge in [-0.05, 0) is 23.6 Å². The van der Waals surface area contributed by atoms with Crippen LogP contribution in [-0.2, 0) is 19.4 Å². The Labute approximate surface area is 175 Å². The van der Waals surface area contributed by atoms with Crippen molar-refractivity contribution in [2.75, 3.05) is 11.4 Å². The van der Waals surface area contributed by atoms with Crippen LogP contribution in [0.3, 0.4) is 0 Å². The van der Waals surface area contributed by atoms with E-state index in [4.69, 9.17) is 0 Å². The van der Waals surface area contributed by atoms with Gasteiger partial charge in [-0.25, -0.2) is 15.0 Å². The molecule has 0 saturated carbocycles. The molecule has 0 bridgehead atoms. The zero-order valence-corrected chi connectivity index (χ0v) is 17.2. The van der Waals surface area contributed by atoms with Crippen molar-refractivity contribution in [1.82, 2.24) is 19.9 Å². The maximum Gasteiger partial charge on any atom is 0.225 e. The number of hydrogen-bond donors (Lipinski definition) is 0. The van der Waals surface area contributed by atoms with Crippen molar-refractivity contribution in [3.05, 3.63) is 88.8 Å². The highest BCUT2D eigenvalue weighted by molar-refractivity contribution is 7.07. The molecule has 0 unspecified atom stereocenters. The van der Waals surface area contributed by atoms with Gasteiger partial charge in [0.1, 0.15) is 0 Å². The summed E-state index contributed by atoms with van der Waals surface area (Å²) in [6, 6.07) is 14.4. The maximum atomic E-state index is 4.65. The van der Waals surface area contributed by atoms with Crippen LogP contribution < -0.4 is 4.90 Å². The first-order valence-corrected chi connectivity index (χ1v) is 10.7. The summed E-state index contributed by atoms with van der Waals surface area (Å²) in [5.41, 5.74) is 7.35. The van der Waals surface area contributed by atoms with Gasteiger partial charge >= 0.3 is 0 Å². The lowest BCUT2D eigenvalue weighted by Gasteiger charge is -2.22. The molecule has 0 atom stereocenters. The average molecular weight is 402 g/mol. The van der Waals surface area contributed by atoms with Gasteiger partial charge in [-0.15, -0.1) is 11.3 Å². The fourth-order valence-corrected chi connectivity index (χ4v) is 3.67. The van der Waals surface area contributed by atoms with Gasteiger partial charge in [0.2, 0.25) is 5.95 Å². The topological polar surface area (TPSA) is 54.8 Å². The van der Waals surface area contributed by atoms with Crippen LogP contribution in [0.4, 0.5) is 5.95 Å². The maximum absolute atomic E-state index is 4.65. The number of nitrogens with zero attached hydrogens (tertiary/aromatic N) is 5. The van der Waals surface area contributed by atoms with E-state index in [1.807, 2.05) is 42.3 Å². The molecule has 0 aliphatic heterocycles. The molecule has 5 nitrogen and oxygen atoms in total. The molecule has 0 spiro atoms. The third kappa shape index (κ3) is 5.03. The molecule has 0 fully saturated rings. The highest BCUT2D eigenvalue weighted by Gasteiger charge is 2.12. The molecule has 29 heavy (non-hydrogen) atoms. The van der Waals surface area contributed by atoms with E-state index in [9.17, 15) is 0 Å². The Morgan fingerprint density at radius 2 is 1.66 bits per heavy atom. The zero-order valence-electron chi connectivity index (χ0n) is 16.4. The standard InChI is InChI=1S/C23H23N5S/c1-2-18-12-25-23(26-13-18)28(11-10-21-16-29-17-27-21)15-19-8-9-22(24-14-19)20-6-4-3-5-7-20/h3-9,12-14,16-17H,2,10-11,15H2,1H3. The molecular weight excluding hydrogens is 378 g/mol. The monoisotopic (exact) mass is 401 g/mol. The third-order valence-electron chi connectivity index (χ3n) is 4.77. The van der Waals surface area contributed by atoms with Crippen molar-refractivity contribution in [3.8, 4) is 11.3 Å². The number of rotatable bonds is 8. The van der Waals surface area contributed by atoms with Crippen LogP contribution in [0.25, 0.3) is 11.3 Å². The fraction of sp³-hybridized carbons (Fsp3) is 0.217. The van der Waals surface area contributed by atoms with Gasteiger partial charge in [-0.1, -0.05) is 43.3 Å². The lowest BCUT2D eigenvalue weighted by atomic mass is 10.1. The summed E-state index contributed by atoms with van der Waals surface area (Å²) >= 11 is 1.62. The first kappa shape index (κ1) is 19.2. The van der Waals surface area contributed by atoms with Gasteiger partial charge in [0.15, 0.2) is 0 Å². The summed E-state index contributed by atoms with van der Waals surface area (Å²) in [4.78, 5) is 20.4. The lowest BCUT2D eigenvalue weighted by molar-refractivity contribution is 0.741. The van der Waals surface area contributed by atoms with E-state index >= 15 is 0 Å². The van der Waals surface area contributed by atoms with E-state index in [0.717, 1.165) is 53.4 Å². The predicted molar refractivity (Wildman–Crippen MR) is 118 cm³/mol. The molecule has 0 aliphatic rings. The minimum absolute atomic E-state index is 0.706. The second kappa shape index (κ2) is 9.39. The van der Waals surface area contributed by atoms with E-state index in [0.29, 0.717) is 6.54 Å². The molecule has 0 amide bonds. The van der Waals surface area contributed by atoms with Crippen LogP contribution in [0.2, 0.25) is 0 Å². The Kier molecular flexibility index (Phi) is 6.22. The molecule has 0 aliphatic carbocycles. The largest absolute Gasteiger partial charge is 0.336 e. The number of hydrogen-bond acceptors (Lipinski definition) is 6. The van der Waals surface area contributed by atoms with Crippen molar-refractivity contribution in [3.63, 3.8) is 0 Å². The van der Waals surface area contributed by atoms with Crippen LogP contribution in [0.15, 0.2) is 71.9 Å². The molecule has 0 radical (unpaired) electrons. The minimum atomic E-state index is 0.706. The van der Waals surface area contributed by atoms with Crippen LogP contribution >= 0.6 is 11.3 Å². The summed E-state index contributed by atoms with van der Waals surface area (Å²) < 4.78 is 0. The van der Waals surface area contributed by atoms with Crippen LogP contribution in [0.5, 0.6) is 0 Å². The molecule has 6 heteroatoms. The molecular formula is C23H23N5S. The summed E-state index contributed by atoms with van der Waals surface area (Å²) in [5.74, 6) is 0.740. The molecule has 3 heterocycles. The van der Waals surface area contributed by atoms with Gasteiger partial charge in [0.05, 0.1) is 16.9 Å². The van der Waals surface area contributed by atoms with E-state index in [1.54, 1.807) is 11.3 Å². The Bertz CT molecular complexity index is 1000. The summed E-state index contributed by atoms with van der Waals surface area (Å²) in [6.45, 7) is 3.62. The van der Waals surface area contributed by atoms with Gasteiger partial charge in [-0.2, -0.15) is 0 Å². The predicted octanol–water partition coefficient (Wildman–Crippen LogP) is 4.81. The average Bonchev–Trinajstić information content (AvgIpc) is 3.31. The summed E-state index contributed by atoms with van der Waals surface area (Å²) in [5, 5.41) is 2.09. The van der Waals surface area contributed by atoms with E-state index in [1.165, 1.54) is 0 Å². The molecule has 0 saturated heterocycles. The van der Waals surface area contributed by atoms with Crippen LogP contribution in [0.1, 0.15) is 23.7 Å². The molecule has 146 valence electrons. The number of thiazole rings is 1. The van der Waals surface area contributed by atoms with Crippen molar-refractivity contribution >= 4 is 17.3 Å². The third-order valence-corrected chi connectivity index (χ3v) is 5.41. The Morgan fingerprint density at radius 1 is 0.862 bits per heavy atom. The highest BCUT2D eigenvalue weighted by Crippen LogP contribution is 2.18. The smallest absolute Gasteiger partial charge is 0.225 e. The van der Waals surface area contributed by atoms with Crippen molar-refractivity contribution in [1.29, 1.82) is 0 Å². The van der Waals surface area contributed by atoms with Crippen LogP contribution in [0, 0.1) is 0 Å². The van der Waals surface area contributed by atoms with E-state index in [-0.39, 0.29) is 0 Å². The summed E-state index contributed by atoms with van der Waals surface area (Å²) in [6.07, 6.45) is 7.56. The molecule has 4 rings (SSSR count). The SMILES string of the molecule is CCc1cnc(N(CCc2cscn2)Cc2ccc(-c3ccccc3)nc2)nc1. The quantitative estimate of drug-likeness (QED) is 0.424. The fourth-order valence-electron chi connectivity index (χ4n) is 3.07. The number of benzene rings is 1. The van der Waals surface area contributed by atoms with Crippen LogP contribution in [-0.4, -0.2) is 26.5 Å². The first-order chi connectivity index (χ1) is 14.3. The normalized spacial score (nSPS) is 10.8. The second-order valence-corrected chi connectivity index (χ2v) is 7.53. The summed E-state index contributed by atoms with van der Waals surface area (Å²) in [7, 11) is 0. The molecule has 3 aromatic heterocycles. The van der Waals surface area contributed by atoms with E-state index < -0.39 is 0 Å². The highest BCUT2D eigenvalue weighted by atomic mass is 32.1. The zero-order chi connectivity index (χ0) is 19.9. The molecule has 1 aromatic carbocycles. The first-order valence-electron chi connectivity index (χ1n) is 9.75. The van der Waals surface area contributed by atoms with Gasteiger partial charge in [0.25, 0.3) is 0 Å². The Balaban J connectivity index is 1.52. The van der Waals surface area contributed by atoms with Crippen molar-refractivity contribution in [2.45, 2.75) is 26.3 Å². The van der Waals surface area contributed by atoms with Gasteiger partial charge < -0.3 is 4.90 Å². The Morgan fingerprint density at radius 3 is 2.31 bits per heavy atom. The lowest BCUT2D eigenvalue weighted by Crippen LogP contribution is -2.27. The molecule has 4 aromatic rings. The number of aromatic nitrogens is 4. The minimum Gasteiger partial charge on any atom is -0.336 e. The van der Waals surface area contributed by atoms with E-state index in [2.05, 4.69) is 61.4 Å². The van der Waals surface area contributed by atoms with Gasteiger partial charge in [0, 0.05) is 49.0 Å². The number of aryl methyl sites for hydroxylation is 1. The number of pyridine rings is 1. The second-order valence-electron chi connectivity index (χ2n) is 6.81.